The summed E-state index contributed by atoms with van der Waals surface area (Å²) in [6, 6.07) is 21.7. The number of methoxy groups -OCH3 is 1. The van der Waals surface area contributed by atoms with E-state index in [0.29, 0.717) is 11.3 Å². The molecule has 4 rings (SSSR count). The molecule has 1 heterocycles. The molecule has 34 heavy (non-hydrogen) atoms. The van der Waals surface area contributed by atoms with Crippen molar-refractivity contribution >= 4 is 21.8 Å². The summed E-state index contributed by atoms with van der Waals surface area (Å²) in [5, 5.41) is 0. The van der Waals surface area contributed by atoms with Crippen LogP contribution < -0.4 is 10.5 Å². The van der Waals surface area contributed by atoms with Crippen molar-refractivity contribution in [2.45, 2.75) is 10.9 Å². The fraction of sp³-hybridized carbons (Fsp3) is 0.200. The first-order chi connectivity index (χ1) is 16.3. The standard InChI is InChI=1S/C25H25N3O5S/c1-33-21-11-13-22(14-12-21)34(31,32)28-16-15-27(17-23(28)24(26)29)25(30)20-9-7-19(8-10-20)18-5-3-2-4-6-18/h2-14,23H,15-17H2,1H3,(H2,26,29). The first kappa shape index (κ1) is 23.5. The van der Waals surface area contributed by atoms with Crippen LogP contribution in [0.5, 0.6) is 5.75 Å². The van der Waals surface area contributed by atoms with Crippen molar-refractivity contribution in [2.24, 2.45) is 5.73 Å². The Hall–Kier alpha value is -3.69. The summed E-state index contributed by atoms with van der Waals surface area (Å²) in [7, 11) is -2.51. The van der Waals surface area contributed by atoms with Crippen LogP contribution in [0.25, 0.3) is 11.1 Å². The van der Waals surface area contributed by atoms with Crippen molar-refractivity contribution in [1.29, 1.82) is 0 Å². The molecule has 0 bridgehead atoms. The summed E-state index contributed by atoms with van der Waals surface area (Å²) in [5.74, 6) is -0.583. The predicted molar refractivity (Wildman–Crippen MR) is 128 cm³/mol. The van der Waals surface area contributed by atoms with E-state index in [-0.39, 0.29) is 30.4 Å². The molecule has 0 radical (unpaired) electrons. The van der Waals surface area contributed by atoms with E-state index in [9.17, 15) is 18.0 Å². The molecule has 0 aliphatic carbocycles. The summed E-state index contributed by atoms with van der Waals surface area (Å²) < 4.78 is 32.5. The number of hydrogen-bond donors (Lipinski definition) is 1. The Morgan fingerprint density at radius 2 is 1.50 bits per heavy atom. The van der Waals surface area contributed by atoms with Gasteiger partial charge in [0.25, 0.3) is 5.91 Å². The van der Waals surface area contributed by atoms with Crippen LogP contribution >= 0.6 is 0 Å². The maximum absolute atomic E-state index is 13.2. The second-order valence-electron chi connectivity index (χ2n) is 7.90. The number of rotatable bonds is 6. The number of carbonyl (C=O) groups is 2. The van der Waals surface area contributed by atoms with Crippen molar-refractivity contribution < 1.29 is 22.7 Å². The lowest BCUT2D eigenvalue weighted by Gasteiger charge is -2.39. The number of primary amides is 1. The largest absolute Gasteiger partial charge is 0.497 e. The second-order valence-corrected chi connectivity index (χ2v) is 9.79. The molecule has 1 unspecified atom stereocenters. The van der Waals surface area contributed by atoms with Gasteiger partial charge in [-0.05, 0) is 47.5 Å². The second kappa shape index (κ2) is 9.66. The highest BCUT2D eigenvalue weighted by molar-refractivity contribution is 7.89. The van der Waals surface area contributed by atoms with E-state index >= 15 is 0 Å². The molecule has 1 atom stereocenters. The van der Waals surface area contributed by atoms with Crippen molar-refractivity contribution in [3.8, 4) is 16.9 Å². The lowest BCUT2D eigenvalue weighted by molar-refractivity contribution is -0.122. The van der Waals surface area contributed by atoms with E-state index in [1.165, 1.54) is 36.3 Å². The first-order valence-electron chi connectivity index (χ1n) is 10.7. The van der Waals surface area contributed by atoms with E-state index in [1.807, 2.05) is 42.5 Å². The fourth-order valence-electron chi connectivity index (χ4n) is 3.97. The molecule has 176 valence electrons. The molecular weight excluding hydrogens is 454 g/mol. The normalized spacial score (nSPS) is 16.7. The van der Waals surface area contributed by atoms with Crippen LogP contribution in [0, 0.1) is 0 Å². The minimum Gasteiger partial charge on any atom is -0.497 e. The quantitative estimate of drug-likeness (QED) is 0.584. The number of amides is 2. The van der Waals surface area contributed by atoms with Crippen LogP contribution in [0.2, 0.25) is 0 Å². The van der Waals surface area contributed by atoms with Crippen molar-refractivity contribution in [3.05, 3.63) is 84.4 Å². The molecule has 1 fully saturated rings. The molecule has 1 aliphatic heterocycles. The lowest BCUT2D eigenvalue weighted by Crippen LogP contribution is -2.60. The van der Waals surface area contributed by atoms with Gasteiger partial charge in [-0.3, -0.25) is 9.59 Å². The van der Waals surface area contributed by atoms with Gasteiger partial charge in [0.1, 0.15) is 11.8 Å². The van der Waals surface area contributed by atoms with E-state index in [2.05, 4.69) is 0 Å². The number of benzene rings is 3. The van der Waals surface area contributed by atoms with Gasteiger partial charge < -0.3 is 15.4 Å². The zero-order chi connectivity index (χ0) is 24.3. The van der Waals surface area contributed by atoms with Crippen LogP contribution in [0.3, 0.4) is 0 Å². The van der Waals surface area contributed by atoms with Crippen LogP contribution in [0.1, 0.15) is 10.4 Å². The SMILES string of the molecule is COc1ccc(S(=O)(=O)N2CCN(C(=O)c3ccc(-c4ccccc4)cc3)CC2C(N)=O)cc1. The van der Waals surface area contributed by atoms with Crippen LogP contribution in [0.4, 0.5) is 0 Å². The molecule has 2 N–H and O–H groups in total. The van der Waals surface area contributed by atoms with Gasteiger partial charge in [0.2, 0.25) is 15.9 Å². The van der Waals surface area contributed by atoms with Gasteiger partial charge in [0.15, 0.2) is 0 Å². The van der Waals surface area contributed by atoms with Gasteiger partial charge in [-0.2, -0.15) is 4.31 Å². The molecule has 1 saturated heterocycles. The van der Waals surface area contributed by atoms with E-state index in [0.717, 1.165) is 15.4 Å². The minimum absolute atomic E-state index is 0.0239. The number of ether oxygens (including phenoxy) is 1. The smallest absolute Gasteiger partial charge is 0.253 e. The fourth-order valence-corrected chi connectivity index (χ4v) is 5.55. The molecule has 0 saturated carbocycles. The number of piperazine rings is 1. The molecule has 3 aromatic carbocycles. The van der Waals surface area contributed by atoms with Crippen molar-refractivity contribution in [2.75, 3.05) is 26.7 Å². The third kappa shape index (κ3) is 4.66. The predicted octanol–water partition coefficient (Wildman–Crippen LogP) is 2.36. The molecule has 1 aliphatic rings. The molecule has 8 nitrogen and oxygen atoms in total. The summed E-state index contributed by atoms with van der Waals surface area (Å²) in [6.45, 7) is -0.0295. The molecule has 3 aromatic rings. The zero-order valence-electron chi connectivity index (χ0n) is 18.6. The first-order valence-corrected chi connectivity index (χ1v) is 12.2. The Morgan fingerprint density at radius 3 is 2.09 bits per heavy atom. The van der Waals surface area contributed by atoms with Gasteiger partial charge in [0.05, 0.1) is 12.0 Å². The van der Waals surface area contributed by atoms with Crippen molar-refractivity contribution in [3.63, 3.8) is 0 Å². The van der Waals surface area contributed by atoms with Crippen molar-refractivity contribution in [1.82, 2.24) is 9.21 Å². The third-order valence-electron chi connectivity index (χ3n) is 5.85. The monoisotopic (exact) mass is 479 g/mol. The topological polar surface area (TPSA) is 110 Å². The van der Waals surface area contributed by atoms with Gasteiger partial charge >= 0.3 is 0 Å². The van der Waals surface area contributed by atoms with Crippen LogP contribution in [0.15, 0.2) is 83.8 Å². The summed E-state index contributed by atoms with van der Waals surface area (Å²) in [6.07, 6.45) is 0. The van der Waals surface area contributed by atoms with Gasteiger partial charge in [0, 0.05) is 25.2 Å². The summed E-state index contributed by atoms with van der Waals surface area (Å²) in [5.41, 5.74) is 8.02. The lowest BCUT2D eigenvalue weighted by atomic mass is 10.0. The Bertz CT molecular complexity index is 1280. The Morgan fingerprint density at radius 1 is 0.882 bits per heavy atom. The average molecular weight is 480 g/mol. The Kier molecular flexibility index (Phi) is 6.67. The van der Waals surface area contributed by atoms with E-state index in [4.69, 9.17) is 10.5 Å². The minimum atomic E-state index is -3.99. The number of nitrogens with zero attached hydrogens (tertiary/aromatic N) is 2. The van der Waals surface area contributed by atoms with Crippen LogP contribution in [-0.2, 0) is 14.8 Å². The third-order valence-corrected chi connectivity index (χ3v) is 7.77. The van der Waals surface area contributed by atoms with Gasteiger partial charge in [-0.15, -0.1) is 0 Å². The molecule has 2 amide bonds. The van der Waals surface area contributed by atoms with E-state index in [1.54, 1.807) is 12.1 Å². The number of nitrogens with two attached hydrogens (primary N) is 1. The van der Waals surface area contributed by atoms with E-state index < -0.39 is 22.0 Å². The highest BCUT2D eigenvalue weighted by Gasteiger charge is 2.40. The van der Waals surface area contributed by atoms with Gasteiger partial charge in [-0.1, -0.05) is 42.5 Å². The maximum atomic E-state index is 13.2. The van der Waals surface area contributed by atoms with Crippen LogP contribution in [-0.4, -0.2) is 62.2 Å². The Labute approximate surface area is 198 Å². The zero-order valence-corrected chi connectivity index (χ0v) is 19.4. The number of sulfonamides is 1. The maximum Gasteiger partial charge on any atom is 0.253 e. The number of carbonyl (C=O) groups excluding carboxylic acids is 2. The molecule has 0 spiro atoms. The summed E-state index contributed by atoms with van der Waals surface area (Å²) in [4.78, 5) is 26.8. The molecule has 0 aromatic heterocycles. The highest BCUT2D eigenvalue weighted by Crippen LogP contribution is 2.25. The number of hydrogen-bond acceptors (Lipinski definition) is 5. The van der Waals surface area contributed by atoms with Gasteiger partial charge in [-0.25, -0.2) is 8.42 Å². The molecule has 9 heteroatoms. The Balaban J connectivity index is 1.52. The molecular formula is C25H25N3O5S. The average Bonchev–Trinajstić information content (AvgIpc) is 2.88. The highest BCUT2D eigenvalue weighted by atomic mass is 32.2. The summed E-state index contributed by atoms with van der Waals surface area (Å²) >= 11 is 0.